The number of ether oxygens (including phenoxy) is 2. The molecule has 31 heavy (non-hydrogen) atoms. The highest BCUT2D eigenvalue weighted by molar-refractivity contribution is 5.84. The summed E-state index contributed by atoms with van der Waals surface area (Å²) < 4.78 is 11.2. The van der Waals surface area contributed by atoms with Crippen molar-refractivity contribution in [1.29, 1.82) is 0 Å². The van der Waals surface area contributed by atoms with Crippen LogP contribution in [-0.4, -0.2) is 78.7 Å². The lowest BCUT2D eigenvalue weighted by molar-refractivity contribution is 0.0317. The first-order valence-electron chi connectivity index (χ1n) is 10.7. The molecule has 1 aliphatic rings. The summed E-state index contributed by atoms with van der Waals surface area (Å²) >= 11 is 0. The number of phenolic OH excluding ortho intramolecular Hbond substituents is 1. The van der Waals surface area contributed by atoms with Crippen molar-refractivity contribution in [1.82, 2.24) is 14.9 Å². The third-order valence-electron chi connectivity index (χ3n) is 5.09. The van der Waals surface area contributed by atoms with Gasteiger partial charge in [-0.15, -0.1) is 0 Å². The van der Waals surface area contributed by atoms with E-state index in [4.69, 9.17) is 9.47 Å². The van der Waals surface area contributed by atoms with Crippen LogP contribution in [0.4, 0.5) is 11.6 Å². The van der Waals surface area contributed by atoms with Gasteiger partial charge in [0.2, 0.25) is 0 Å². The second kappa shape index (κ2) is 11.5. The lowest BCUT2D eigenvalue weighted by Gasteiger charge is -2.26. The summed E-state index contributed by atoms with van der Waals surface area (Å²) in [5.41, 5.74) is 4.61. The van der Waals surface area contributed by atoms with Crippen molar-refractivity contribution in [2.45, 2.75) is 20.8 Å². The fraction of sp³-hybridized carbons (Fsp3) is 0.500. The van der Waals surface area contributed by atoms with Crippen LogP contribution in [0.2, 0.25) is 0 Å². The van der Waals surface area contributed by atoms with Crippen LogP contribution in [0.5, 0.6) is 11.8 Å². The maximum Gasteiger partial charge on any atom is 0.320 e. The van der Waals surface area contributed by atoms with E-state index in [1.54, 1.807) is 12.3 Å². The molecule has 0 saturated carbocycles. The van der Waals surface area contributed by atoms with Gasteiger partial charge in [0.1, 0.15) is 18.2 Å². The molecule has 1 aromatic heterocycles. The number of aromatic nitrogens is 2. The number of morpholine rings is 1. The van der Waals surface area contributed by atoms with Crippen LogP contribution in [0.25, 0.3) is 0 Å². The second-order valence-corrected chi connectivity index (χ2v) is 7.30. The average Bonchev–Trinajstić information content (AvgIpc) is 2.78. The summed E-state index contributed by atoms with van der Waals surface area (Å²) in [5, 5.41) is 14.2. The molecule has 2 heterocycles. The Morgan fingerprint density at radius 1 is 1.23 bits per heavy atom. The third-order valence-corrected chi connectivity index (χ3v) is 5.09. The maximum atomic E-state index is 9.98. The minimum absolute atomic E-state index is 0.176. The van der Waals surface area contributed by atoms with Gasteiger partial charge >= 0.3 is 6.01 Å². The molecular weight excluding hydrogens is 396 g/mol. The molecule has 1 saturated heterocycles. The number of anilines is 2. The molecule has 0 bridgehead atoms. The maximum absolute atomic E-state index is 9.98. The van der Waals surface area contributed by atoms with Crippen LogP contribution in [0, 0.1) is 6.92 Å². The fourth-order valence-corrected chi connectivity index (χ4v) is 3.28. The van der Waals surface area contributed by atoms with E-state index in [1.165, 1.54) is 0 Å². The molecule has 168 valence electrons. The van der Waals surface area contributed by atoms with Crippen molar-refractivity contribution in [2.24, 2.45) is 5.10 Å². The molecule has 0 aliphatic carbocycles. The van der Waals surface area contributed by atoms with Crippen LogP contribution in [0.1, 0.15) is 25.0 Å². The first-order valence-corrected chi connectivity index (χ1v) is 10.7. The van der Waals surface area contributed by atoms with Crippen molar-refractivity contribution in [3.8, 4) is 11.8 Å². The number of nitrogens with one attached hydrogen (secondary N) is 1. The van der Waals surface area contributed by atoms with E-state index in [2.05, 4.69) is 44.1 Å². The molecule has 1 aromatic carbocycles. The van der Waals surface area contributed by atoms with Gasteiger partial charge in [0, 0.05) is 44.4 Å². The number of nitrogens with zero attached hydrogens (tertiary/aromatic N) is 5. The van der Waals surface area contributed by atoms with Crippen LogP contribution in [0.3, 0.4) is 0 Å². The molecule has 3 rings (SSSR count). The molecule has 0 radical (unpaired) electrons. The highest BCUT2D eigenvalue weighted by atomic mass is 16.5. The first kappa shape index (κ1) is 22.8. The number of aromatic hydroxyl groups is 1. The largest absolute Gasteiger partial charge is 0.507 e. The Morgan fingerprint density at radius 2 is 2.00 bits per heavy atom. The van der Waals surface area contributed by atoms with Crippen LogP contribution in [-0.2, 0) is 4.74 Å². The van der Waals surface area contributed by atoms with Gasteiger partial charge in [-0.1, -0.05) is 11.6 Å². The molecule has 2 N–H and O–H groups in total. The van der Waals surface area contributed by atoms with Crippen molar-refractivity contribution < 1.29 is 14.6 Å². The minimum Gasteiger partial charge on any atom is -0.507 e. The molecule has 9 heteroatoms. The summed E-state index contributed by atoms with van der Waals surface area (Å²) in [6.07, 6.45) is 1.57. The molecule has 1 fully saturated rings. The van der Waals surface area contributed by atoms with E-state index < -0.39 is 0 Å². The quantitative estimate of drug-likeness (QED) is 0.440. The average molecular weight is 429 g/mol. The SMILES string of the molecule is CCN(CC)c1cc(NN=Cc2cc(C)ccc2O)nc(OCCN2CCOCC2)n1. The van der Waals surface area contributed by atoms with Gasteiger partial charge in [0.05, 0.1) is 19.4 Å². The summed E-state index contributed by atoms with van der Waals surface area (Å²) in [7, 11) is 0. The van der Waals surface area contributed by atoms with E-state index in [0.29, 0.717) is 24.0 Å². The number of rotatable bonds is 10. The van der Waals surface area contributed by atoms with Gasteiger partial charge in [0.15, 0.2) is 5.82 Å². The minimum atomic E-state index is 0.176. The normalized spacial score (nSPS) is 14.7. The van der Waals surface area contributed by atoms with Crippen molar-refractivity contribution >= 4 is 17.9 Å². The van der Waals surface area contributed by atoms with Crippen molar-refractivity contribution in [3.63, 3.8) is 0 Å². The molecule has 1 aliphatic heterocycles. The number of hydrogen-bond acceptors (Lipinski definition) is 9. The first-order chi connectivity index (χ1) is 15.1. The molecule has 0 spiro atoms. The highest BCUT2D eigenvalue weighted by Gasteiger charge is 2.13. The standard InChI is InChI=1S/C22H32N6O3/c1-4-28(5-2)21-15-20(26-23-16-18-14-17(3)6-7-19(18)29)24-22(25-21)31-13-10-27-8-11-30-12-9-27/h6-7,14-16,29H,4-5,8-13H2,1-3H3,(H,24,25,26). The zero-order chi connectivity index (χ0) is 22.1. The van der Waals surface area contributed by atoms with Gasteiger partial charge in [-0.3, -0.25) is 10.3 Å². The highest BCUT2D eigenvalue weighted by Crippen LogP contribution is 2.20. The smallest absolute Gasteiger partial charge is 0.320 e. The van der Waals surface area contributed by atoms with Gasteiger partial charge in [-0.2, -0.15) is 15.1 Å². The van der Waals surface area contributed by atoms with Gasteiger partial charge in [0.25, 0.3) is 0 Å². The van der Waals surface area contributed by atoms with E-state index in [1.807, 2.05) is 25.1 Å². The van der Waals surface area contributed by atoms with E-state index in [9.17, 15) is 5.11 Å². The second-order valence-electron chi connectivity index (χ2n) is 7.30. The molecule has 2 aromatic rings. The Labute approximate surface area is 183 Å². The zero-order valence-electron chi connectivity index (χ0n) is 18.5. The summed E-state index contributed by atoms with van der Waals surface area (Å²) in [5.74, 6) is 1.48. The predicted octanol–water partition coefficient (Wildman–Crippen LogP) is 2.49. The molecule has 0 atom stereocenters. The Balaban J connectivity index is 1.70. The van der Waals surface area contributed by atoms with Crippen LogP contribution < -0.4 is 15.1 Å². The van der Waals surface area contributed by atoms with Crippen LogP contribution in [0.15, 0.2) is 29.4 Å². The van der Waals surface area contributed by atoms with E-state index in [-0.39, 0.29) is 5.75 Å². The fourth-order valence-electron chi connectivity index (χ4n) is 3.28. The molecule has 0 unspecified atom stereocenters. The Bertz CT molecular complexity index is 866. The van der Waals surface area contributed by atoms with Crippen LogP contribution >= 0.6 is 0 Å². The number of phenols is 1. The number of benzene rings is 1. The Morgan fingerprint density at radius 3 is 2.74 bits per heavy atom. The van der Waals surface area contributed by atoms with Crippen molar-refractivity contribution in [2.75, 3.05) is 62.9 Å². The lowest BCUT2D eigenvalue weighted by Crippen LogP contribution is -2.38. The summed E-state index contributed by atoms with van der Waals surface area (Å²) in [4.78, 5) is 13.4. The van der Waals surface area contributed by atoms with Gasteiger partial charge < -0.3 is 19.5 Å². The monoisotopic (exact) mass is 428 g/mol. The van der Waals surface area contributed by atoms with Crippen molar-refractivity contribution in [3.05, 3.63) is 35.4 Å². The molecule has 9 nitrogen and oxygen atoms in total. The molecule has 0 amide bonds. The zero-order valence-corrected chi connectivity index (χ0v) is 18.5. The van der Waals surface area contributed by atoms with E-state index >= 15 is 0 Å². The Hall–Kier alpha value is -2.91. The lowest BCUT2D eigenvalue weighted by atomic mass is 10.1. The predicted molar refractivity (Wildman–Crippen MR) is 122 cm³/mol. The summed E-state index contributed by atoms with van der Waals surface area (Å²) in [6, 6.07) is 7.52. The third kappa shape index (κ3) is 6.80. The Kier molecular flexibility index (Phi) is 8.43. The number of hydrazone groups is 1. The summed E-state index contributed by atoms with van der Waals surface area (Å²) in [6.45, 7) is 12.4. The topological polar surface area (TPSA) is 95.3 Å². The number of aryl methyl sites for hydroxylation is 1. The molecular formula is C22H32N6O3. The van der Waals surface area contributed by atoms with E-state index in [0.717, 1.165) is 57.3 Å². The van der Waals surface area contributed by atoms with Gasteiger partial charge in [-0.25, -0.2) is 0 Å². The number of hydrogen-bond donors (Lipinski definition) is 2. The van der Waals surface area contributed by atoms with Gasteiger partial charge in [-0.05, 0) is 32.9 Å².